The van der Waals surface area contributed by atoms with Crippen molar-refractivity contribution in [3.8, 4) is 5.75 Å². The van der Waals surface area contributed by atoms with Gasteiger partial charge < -0.3 is 19.6 Å². The summed E-state index contributed by atoms with van der Waals surface area (Å²) in [5.74, 6) is -1.29. The Hall–Kier alpha value is -3.72. The number of nitrogens with zero attached hydrogens (tertiary/aromatic N) is 3. The van der Waals surface area contributed by atoms with Gasteiger partial charge in [0.2, 0.25) is 0 Å². The number of carbonyl (C=O) groups is 2. The SMILES string of the molecule is CCN(CC)CCN1C(=O)C(=O)C(=C(O)c2ccc(OC)cc2C)[C@H]1c1cccc([N+](=O)[O-])c1. The molecular formula is C25H29N3O6. The summed E-state index contributed by atoms with van der Waals surface area (Å²) in [7, 11) is 1.53. The molecule has 34 heavy (non-hydrogen) atoms. The number of ketones is 1. The molecule has 0 bridgehead atoms. The van der Waals surface area contributed by atoms with Crippen LogP contribution in [0, 0.1) is 17.0 Å². The third-order valence-electron chi connectivity index (χ3n) is 6.18. The van der Waals surface area contributed by atoms with Crippen molar-refractivity contribution in [3.05, 3.63) is 74.8 Å². The fraction of sp³-hybridized carbons (Fsp3) is 0.360. The summed E-state index contributed by atoms with van der Waals surface area (Å²) < 4.78 is 5.22. The first-order valence-corrected chi connectivity index (χ1v) is 11.1. The first-order chi connectivity index (χ1) is 16.2. The summed E-state index contributed by atoms with van der Waals surface area (Å²) >= 11 is 0. The van der Waals surface area contributed by atoms with Gasteiger partial charge in [-0.05, 0) is 49.3 Å². The van der Waals surface area contributed by atoms with Gasteiger partial charge in [0.15, 0.2) is 0 Å². The monoisotopic (exact) mass is 467 g/mol. The highest BCUT2D eigenvalue weighted by molar-refractivity contribution is 6.46. The van der Waals surface area contributed by atoms with Gasteiger partial charge in [-0.15, -0.1) is 0 Å². The summed E-state index contributed by atoms with van der Waals surface area (Å²) in [6.07, 6.45) is 0. The van der Waals surface area contributed by atoms with Gasteiger partial charge in [0.1, 0.15) is 11.5 Å². The quantitative estimate of drug-likeness (QED) is 0.197. The van der Waals surface area contributed by atoms with Crippen LogP contribution in [0.3, 0.4) is 0 Å². The molecule has 0 unspecified atom stereocenters. The van der Waals surface area contributed by atoms with Crippen LogP contribution in [0.4, 0.5) is 5.69 Å². The lowest BCUT2D eigenvalue weighted by molar-refractivity contribution is -0.384. The molecule has 1 aliphatic rings. The lowest BCUT2D eigenvalue weighted by atomic mass is 9.93. The molecule has 2 aromatic carbocycles. The minimum Gasteiger partial charge on any atom is -0.507 e. The molecule has 9 nitrogen and oxygen atoms in total. The van der Waals surface area contributed by atoms with Crippen LogP contribution in [-0.4, -0.2) is 64.8 Å². The van der Waals surface area contributed by atoms with Crippen LogP contribution in [0.2, 0.25) is 0 Å². The van der Waals surface area contributed by atoms with Crippen LogP contribution >= 0.6 is 0 Å². The maximum Gasteiger partial charge on any atom is 0.295 e. The van der Waals surface area contributed by atoms with E-state index in [1.54, 1.807) is 31.2 Å². The standard InChI is InChI=1S/C25H29N3O6/c1-5-26(6-2)12-13-27-22(17-8-7-9-18(15-17)28(32)33)21(24(30)25(27)31)23(29)20-11-10-19(34-4)14-16(20)3/h7-11,14-15,22,29H,5-6,12-13H2,1-4H3/t22-/m1/s1. The van der Waals surface area contributed by atoms with Crippen molar-refractivity contribution < 1.29 is 24.4 Å². The molecule has 3 rings (SSSR count). The van der Waals surface area contributed by atoms with Crippen molar-refractivity contribution in [1.82, 2.24) is 9.80 Å². The van der Waals surface area contributed by atoms with Crippen molar-refractivity contribution in [1.29, 1.82) is 0 Å². The molecule has 0 saturated carbocycles. The van der Waals surface area contributed by atoms with Crippen molar-refractivity contribution in [3.63, 3.8) is 0 Å². The van der Waals surface area contributed by atoms with Crippen molar-refractivity contribution >= 4 is 23.1 Å². The van der Waals surface area contributed by atoms with Gasteiger partial charge >= 0.3 is 0 Å². The molecule has 0 aromatic heterocycles. The molecule has 1 atom stereocenters. The number of likely N-dealkylation sites (tertiary alicyclic amines) is 1. The van der Waals surface area contributed by atoms with E-state index in [0.717, 1.165) is 13.1 Å². The highest BCUT2D eigenvalue weighted by Gasteiger charge is 2.46. The lowest BCUT2D eigenvalue weighted by Crippen LogP contribution is -2.38. The molecule has 1 N–H and O–H groups in total. The van der Waals surface area contributed by atoms with Gasteiger partial charge in [0.25, 0.3) is 17.4 Å². The van der Waals surface area contributed by atoms with Gasteiger partial charge in [0.05, 0.1) is 23.6 Å². The Morgan fingerprint density at radius 3 is 2.47 bits per heavy atom. The van der Waals surface area contributed by atoms with E-state index in [0.29, 0.717) is 29.0 Å². The van der Waals surface area contributed by atoms with E-state index in [-0.39, 0.29) is 23.6 Å². The Balaban J connectivity index is 2.17. The highest BCUT2D eigenvalue weighted by atomic mass is 16.6. The number of rotatable bonds is 9. The summed E-state index contributed by atoms with van der Waals surface area (Å²) in [6, 6.07) is 9.87. The second-order valence-electron chi connectivity index (χ2n) is 8.05. The number of hydrogen-bond donors (Lipinski definition) is 1. The van der Waals surface area contributed by atoms with Crippen LogP contribution in [-0.2, 0) is 9.59 Å². The number of aliphatic hydroxyl groups excluding tert-OH is 1. The van der Waals surface area contributed by atoms with Crippen molar-refractivity contribution in [2.45, 2.75) is 26.8 Å². The number of ether oxygens (including phenoxy) is 1. The fourth-order valence-corrected chi connectivity index (χ4v) is 4.23. The lowest BCUT2D eigenvalue weighted by Gasteiger charge is -2.28. The first kappa shape index (κ1) is 24.9. The zero-order valence-electron chi connectivity index (χ0n) is 19.8. The van der Waals surface area contributed by atoms with E-state index in [1.165, 1.54) is 30.2 Å². The molecule has 1 saturated heterocycles. The number of hydrogen-bond acceptors (Lipinski definition) is 7. The number of nitro benzene ring substituents is 1. The molecule has 0 aliphatic carbocycles. The van der Waals surface area contributed by atoms with E-state index < -0.39 is 22.7 Å². The number of nitro groups is 1. The number of likely N-dealkylation sites (N-methyl/N-ethyl adjacent to an activating group) is 1. The van der Waals surface area contributed by atoms with E-state index >= 15 is 0 Å². The predicted octanol–water partition coefficient (Wildman–Crippen LogP) is 3.68. The molecule has 180 valence electrons. The first-order valence-electron chi connectivity index (χ1n) is 11.1. The fourth-order valence-electron chi connectivity index (χ4n) is 4.23. The number of aryl methyl sites for hydroxylation is 1. The molecule has 1 fully saturated rings. The van der Waals surface area contributed by atoms with Crippen LogP contribution in [0.5, 0.6) is 5.75 Å². The van der Waals surface area contributed by atoms with Gasteiger partial charge in [-0.1, -0.05) is 26.0 Å². The van der Waals surface area contributed by atoms with Gasteiger partial charge in [-0.2, -0.15) is 0 Å². The Morgan fingerprint density at radius 2 is 1.88 bits per heavy atom. The molecule has 1 heterocycles. The Labute approximate surface area is 198 Å². The normalized spacial score (nSPS) is 17.4. The Morgan fingerprint density at radius 1 is 1.18 bits per heavy atom. The van der Waals surface area contributed by atoms with E-state index in [2.05, 4.69) is 4.90 Å². The number of benzene rings is 2. The summed E-state index contributed by atoms with van der Waals surface area (Å²) in [5, 5.41) is 22.6. The third kappa shape index (κ3) is 4.79. The number of Topliss-reactive ketones (excluding diaryl/α,β-unsaturated/α-hetero) is 1. The smallest absolute Gasteiger partial charge is 0.295 e. The van der Waals surface area contributed by atoms with E-state index in [9.17, 15) is 24.8 Å². The average Bonchev–Trinajstić information content (AvgIpc) is 3.09. The maximum atomic E-state index is 13.2. The summed E-state index contributed by atoms with van der Waals surface area (Å²) in [4.78, 5) is 40.6. The topological polar surface area (TPSA) is 113 Å². The molecule has 1 aliphatic heterocycles. The maximum absolute atomic E-state index is 13.2. The zero-order valence-corrected chi connectivity index (χ0v) is 19.8. The van der Waals surface area contributed by atoms with E-state index in [1.807, 2.05) is 13.8 Å². The van der Waals surface area contributed by atoms with Gasteiger partial charge in [-0.3, -0.25) is 19.7 Å². The molecule has 1 amide bonds. The third-order valence-corrected chi connectivity index (χ3v) is 6.18. The van der Waals surface area contributed by atoms with Crippen LogP contribution in [0.15, 0.2) is 48.0 Å². The number of aliphatic hydroxyl groups is 1. The van der Waals surface area contributed by atoms with Crippen LogP contribution < -0.4 is 4.74 Å². The van der Waals surface area contributed by atoms with Gasteiger partial charge in [-0.25, -0.2) is 0 Å². The van der Waals surface area contributed by atoms with E-state index in [4.69, 9.17) is 4.74 Å². The summed E-state index contributed by atoms with van der Waals surface area (Å²) in [5.41, 5.74) is 1.19. The second kappa shape index (κ2) is 10.5. The van der Waals surface area contributed by atoms with Crippen molar-refractivity contribution in [2.75, 3.05) is 33.3 Å². The van der Waals surface area contributed by atoms with Crippen molar-refractivity contribution in [2.24, 2.45) is 0 Å². The largest absolute Gasteiger partial charge is 0.507 e. The summed E-state index contributed by atoms with van der Waals surface area (Å²) in [6.45, 7) is 8.06. The predicted molar refractivity (Wildman–Crippen MR) is 128 cm³/mol. The Kier molecular flexibility index (Phi) is 7.68. The number of amides is 1. The number of carbonyl (C=O) groups excluding carboxylic acids is 2. The highest BCUT2D eigenvalue weighted by Crippen LogP contribution is 2.40. The minimum atomic E-state index is -0.947. The average molecular weight is 468 g/mol. The number of non-ortho nitro benzene ring substituents is 1. The van der Waals surface area contributed by atoms with Gasteiger partial charge in [0, 0.05) is 30.8 Å². The molecule has 0 radical (unpaired) electrons. The molecular weight excluding hydrogens is 438 g/mol. The second-order valence-corrected chi connectivity index (χ2v) is 8.05. The minimum absolute atomic E-state index is 0.0849. The Bertz CT molecular complexity index is 1140. The zero-order chi connectivity index (χ0) is 25.0. The molecule has 0 spiro atoms. The van der Waals surface area contributed by atoms with Crippen LogP contribution in [0.1, 0.15) is 36.6 Å². The number of methoxy groups -OCH3 is 1. The molecule has 2 aromatic rings. The molecule has 9 heteroatoms. The van der Waals surface area contributed by atoms with Crippen LogP contribution in [0.25, 0.3) is 5.76 Å².